The number of hydrogen-bond donors (Lipinski definition) is 18. The number of nitrogens with one attached hydrogen (secondary N) is 9. The van der Waals surface area contributed by atoms with Gasteiger partial charge < -0.3 is 86.7 Å². The fraction of sp³-hybridized carbons (Fsp3) is 0.778. The molecule has 28 heteroatoms. The highest BCUT2D eigenvalue weighted by atomic mass is 32.1. The molecule has 0 aromatic rings. The fourth-order valence-corrected chi connectivity index (χ4v) is 7.54. The Bertz CT molecular complexity index is 1770. The van der Waals surface area contributed by atoms with E-state index in [1.807, 2.05) is 27.7 Å². The van der Waals surface area contributed by atoms with E-state index in [4.69, 9.17) is 28.7 Å². The van der Waals surface area contributed by atoms with Crippen molar-refractivity contribution in [2.45, 2.75) is 166 Å². The predicted molar refractivity (Wildman–Crippen MR) is 280 cm³/mol. The number of aliphatic hydroxyl groups excluding tert-OH is 2. The molecule has 0 bridgehead atoms. The zero-order valence-corrected chi connectivity index (χ0v) is 44.7. The molecule has 10 atom stereocenters. The van der Waals surface area contributed by atoms with Gasteiger partial charge in [0, 0.05) is 11.5 Å². The summed E-state index contributed by atoms with van der Waals surface area (Å²) in [5.41, 5.74) is 28.4. The van der Waals surface area contributed by atoms with Gasteiger partial charge in [0.05, 0.1) is 25.3 Å². The molecule has 0 rings (SSSR count). The SMILES string of the molecule is CC(C)C[C@H](NC(=O)[C@H](CCCCN)NC(=O)[C@H](CS)NC(=O)CNC(=O)[C@H](CO)NC(=O)[C@H](CCCCN)NC(=O)[C@@H](NC(=O)[C@H](CS)NC(=O)[C@H](CCCCN)NC(=O)[C@@H](N)CC(C)C)[C@@H](C)O)C(N)=O. The zero-order chi connectivity index (χ0) is 55.8. The number of amides is 10. The van der Waals surface area contributed by atoms with E-state index in [2.05, 4.69) is 73.1 Å². The second-order valence-electron chi connectivity index (χ2n) is 18.6. The van der Waals surface area contributed by atoms with E-state index < -0.39 is 133 Å². The van der Waals surface area contributed by atoms with Crippen molar-refractivity contribution in [2.24, 2.45) is 40.5 Å². The van der Waals surface area contributed by atoms with Gasteiger partial charge in [-0.15, -0.1) is 0 Å². The van der Waals surface area contributed by atoms with E-state index in [1.54, 1.807) is 0 Å². The maximum Gasteiger partial charge on any atom is 0.245 e. The van der Waals surface area contributed by atoms with Crippen LogP contribution in [0.15, 0.2) is 0 Å². The molecule has 0 saturated carbocycles. The van der Waals surface area contributed by atoms with Gasteiger partial charge in [-0.3, -0.25) is 47.9 Å². The van der Waals surface area contributed by atoms with Crippen LogP contribution in [0, 0.1) is 11.8 Å². The molecule has 0 aromatic heterocycles. The smallest absolute Gasteiger partial charge is 0.245 e. The van der Waals surface area contributed by atoms with Crippen molar-refractivity contribution in [1.29, 1.82) is 0 Å². The molecule has 0 aliphatic rings. The largest absolute Gasteiger partial charge is 0.394 e. The molecule has 0 unspecified atom stereocenters. The van der Waals surface area contributed by atoms with Crippen molar-refractivity contribution in [3.63, 3.8) is 0 Å². The molecule has 10 amide bonds. The number of rotatable bonds is 39. The van der Waals surface area contributed by atoms with Gasteiger partial charge >= 0.3 is 0 Å². The van der Waals surface area contributed by atoms with Crippen LogP contribution in [-0.2, 0) is 47.9 Å². The lowest BCUT2D eigenvalue weighted by atomic mass is 10.0. The normalized spacial score (nSPS) is 15.4. The van der Waals surface area contributed by atoms with Gasteiger partial charge in [0.2, 0.25) is 59.1 Å². The van der Waals surface area contributed by atoms with Crippen molar-refractivity contribution in [2.75, 3.05) is 44.3 Å². The molecule has 73 heavy (non-hydrogen) atoms. The number of hydrogen-bond acceptors (Lipinski definition) is 18. The third-order valence-electron chi connectivity index (χ3n) is 11.1. The topological polar surface area (TPSA) is 450 Å². The number of carbonyl (C=O) groups is 10. The lowest BCUT2D eigenvalue weighted by Gasteiger charge is -2.28. The second kappa shape index (κ2) is 37.8. The molecule has 26 nitrogen and oxygen atoms in total. The van der Waals surface area contributed by atoms with E-state index >= 15 is 0 Å². The molecular formula is C45H86N14O12S2. The minimum Gasteiger partial charge on any atom is -0.394 e. The molecule has 0 aromatic carbocycles. The number of primary amides is 1. The van der Waals surface area contributed by atoms with Gasteiger partial charge in [-0.1, -0.05) is 27.7 Å². The fourth-order valence-electron chi connectivity index (χ4n) is 7.02. The number of thiol groups is 2. The van der Waals surface area contributed by atoms with Crippen molar-refractivity contribution in [3.05, 3.63) is 0 Å². The van der Waals surface area contributed by atoms with E-state index in [0.717, 1.165) is 0 Å². The summed E-state index contributed by atoms with van der Waals surface area (Å²) < 4.78 is 0. The van der Waals surface area contributed by atoms with Crippen LogP contribution in [0.25, 0.3) is 0 Å². The van der Waals surface area contributed by atoms with Gasteiger partial charge in [-0.25, -0.2) is 0 Å². The van der Waals surface area contributed by atoms with Crippen LogP contribution in [0.3, 0.4) is 0 Å². The van der Waals surface area contributed by atoms with Gasteiger partial charge in [0.1, 0.15) is 48.3 Å². The highest BCUT2D eigenvalue weighted by Crippen LogP contribution is 2.10. The van der Waals surface area contributed by atoms with E-state index in [-0.39, 0.29) is 62.0 Å². The Morgan fingerprint density at radius 3 is 1.23 bits per heavy atom. The number of nitrogens with two attached hydrogens (primary N) is 5. The van der Waals surface area contributed by atoms with Crippen molar-refractivity contribution < 1.29 is 58.2 Å². The first kappa shape index (κ1) is 68.2. The lowest BCUT2D eigenvalue weighted by molar-refractivity contribution is -0.137. The monoisotopic (exact) mass is 1080 g/mol. The lowest BCUT2D eigenvalue weighted by Crippen LogP contribution is -2.62. The third-order valence-corrected chi connectivity index (χ3v) is 11.9. The average molecular weight is 1080 g/mol. The van der Waals surface area contributed by atoms with Gasteiger partial charge in [-0.05, 0) is 109 Å². The maximum absolute atomic E-state index is 13.7. The average Bonchev–Trinajstić information content (AvgIpc) is 3.32. The van der Waals surface area contributed by atoms with Crippen molar-refractivity contribution in [3.8, 4) is 0 Å². The predicted octanol–water partition coefficient (Wildman–Crippen LogP) is -5.49. The van der Waals surface area contributed by atoms with Crippen LogP contribution in [-0.4, -0.2) is 174 Å². The summed E-state index contributed by atoms with van der Waals surface area (Å²) in [7, 11) is 0. The molecule has 21 N–H and O–H groups in total. The quantitative estimate of drug-likeness (QED) is 0.0202. The van der Waals surface area contributed by atoms with Crippen molar-refractivity contribution in [1.82, 2.24) is 47.9 Å². The standard InChI is InChI=1S/C45H86N14O12S2/c1-24(2)18-27(49)38(64)53-28(12-6-9-15-46)42(68)58-34(23-73)44(70)59-36(26(5)61)45(71)55-30(14-8-11-17-48)41(67)57-32(21-60)39(65)51-20-35(62)52-33(22-72)43(69)54-29(13-7-10-16-47)40(66)56-31(37(50)63)19-25(3)4/h24-34,36,60-61,72-73H,6-23,46-49H2,1-5H3,(H2,50,63)(H,51,65)(H,52,62)(H,53,64)(H,54,69)(H,55,71)(H,56,66)(H,57,67)(H,58,68)(H,59,70)/t26-,27+,28+,29+,30+,31+,32+,33+,34+,36+/m1/s1. The van der Waals surface area contributed by atoms with E-state index in [0.29, 0.717) is 51.6 Å². The van der Waals surface area contributed by atoms with Crippen molar-refractivity contribution >= 4 is 84.3 Å². The first-order valence-electron chi connectivity index (χ1n) is 24.8. The maximum atomic E-state index is 13.7. The molecule has 0 saturated heterocycles. The van der Waals surface area contributed by atoms with Gasteiger partial charge in [-0.2, -0.15) is 25.3 Å². The summed E-state index contributed by atoms with van der Waals surface area (Å²) in [6.07, 6.45) is 1.95. The van der Waals surface area contributed by atoms with Crippen LogP contribution >= 0.6 is 25.3 Å². The Morgan fingerprint density at radius 2 is 0.836 bits per heavy atom. The minimum atomic E-state index is -1.70. The molecule has 0 aliphatic carbocycles. The molecule has 420 valence electrons. The highest BCUT2D eigenvalue weighted by Gasteiger charge is 2.35. The molecule has 0 heterocycles. The summed E-state index contributed by atoms with van der Waals surface area (Å²) in [6.45, 7) is 7.78. The molecule has 0 fully saturated rings. The first-order valence-corrected chi connectivity index (χ1v) is 26.0. The van der Waals surface area contributed by atoms with Crippen LogP contribution in [0.5, 0.6) is 0 Å². The van der Waals surface area contributed by atoms with E-state index in [1.165, 1.54) is 6.92 Å². The Balaban J connectivity index is 5.96. The first-order chi connectivity index (χ1) is 34.4. The summed E-state index contributed by atoms with van der Waals surface area (Å²) in [5, 5.41) is 42.8. The van der Waals surface area contributed by atoms with Crippen LogP contribution in [0.1, 0.15) is 105 Å². The third kappa shape index (κ3) is 27.9. The highest BCUT2D eigenvalue weighted by molar-refractivity contribution is 7.80. The molecule has 0 radical (unpaired) electrons. The van der Waals surface area contributed by atoms with E-state index in [9.17, 15) is 58.2 Å². The number of unbranched alkanes of at least 4 members (excludes halogenated alkanes) is 3. The second-order valence-corrected chi connectivity index (χ2v) is 19.3. The summed E-state index contributed by atoms with van der Waals surface area (Å²) >= 11 is 8.34. The Labute approximate surface area is 439 Å². The van der Waals surface area contributed by atoms with Crippen LogP contribution in [0.4, 0.5) is 0 Å². The Morgan fingerprint density at radius 1 is 0.466 bits per heavy atom. The summed E-state index contributed by atoms with van der Waals surface area (Å²) in [4.78, 5) is 132. The molecule has 0 spiro atoms. The Hall–Kier alpha value is -4.84. The van der Waals surface area contributed by atoms with Crippen LogP contribution < -0.4 is 76.5 Å². The van der Waals surface area contributed by atoms with Gasteiger partial charge in [0.15, 0.2) is 0 Å². The number of aliphatic hydroxyl groups is 2. The Kier molecular flexibility index (Phi) is 35.3. The summed E-state index contributed by atoms with van der Waals surface area (Å²) in [6, 6.07) is -11.6. The molecular weight excluding hydrogens is 993 g/mol. The zero-order valence-electron chi connectivity index (χ0n) is 42.9. The van der Waals surface area contributed by atoms with Crippen LogP contribution in [0.2, 0.25) is 0 Å². The molecule has 0 aliphatic heterocycles. The summed E-state index contributed by atoms with van der Waals surface area (Å²) in [5.74, 6) is -8.85. The van der Waals surface area contributed by atoms with Gasteiger partial charge in [0.25, 0.3) is 0 Å². The minimum absolute atomic E-state index is 0.00833. The number of carbonyl (C=O) groups excluding carboxylic acids is 10.